The van der Waals surface area contributed by atoms with Crippen molar-refractivity contribution in [1.29, 1.82) is 0 Å². The van der Waals surface area contributed by atoms with Crippen LogP contribution in [0.25, 0.3) is 0 Å². The second kappa shape index (κ2) is 6.26. The summed E-state index contributed by atoms with van der Waals surface area (Å²) in [6.07, 6.45) is 3.45. The van der Waals surface area contributed by atoms with Crippen molar-refractivity contribution < 1.29 is 8.42 Å². The molecule has 4 nitrogen and oxygen atoms in total. The van der Waals surface area contributed by atoms with Crippen LogP contribution in [0.2, 0.25) is 0 Å². The van der Waals surface area contributed by atoms with Gasteiger partial charge in [0.1, 0.15) is 0 Å². The van der Waals surface area contributed by atoms with Gasteiger partial charge in [0, 0.05) is 24.7 Å². The third-order valence-electron chi connectivity index (χ3n) is 3.99. The summed E-state index contributed by atoms with van der Waals surface area (Å²) >= 11 is 1.65. The first kappa shape index (κ1) is 16.5. The maximum Gasteiger partial charge on any atom is 0.244 e. The zero-order valence-electron chi connectivity index (χ0n) is 13.5. The standard InChI is InChI=1S/C17H20N2O2S2/c1-12-9-13(2)16(14(3)10-12)23(20,21)19-7-8-22-17(19)15-5-4-6-18-11-15/h4-6,9-11,17H,7-8H2,1-3H3/t17-/m0/s1. The van der Waals surface area contributed by atoms with Crippen molar-refractivity contribution in [2.24, 2.45) is 0 Å². The highest BCUT2D eigenvalue weighted by atomic mass is 32.2. The Morgan fingerprint density at radius 1 is 1.22 bits per heavy atom. The van der Waals surface area contributed by atoms with E-state index < -0.39 is 10.0 Å². The largest absolute Gasteiger partial charge is 0.264 e. The summed E-state index contributed by atoms with van der Waals surface area (Å²) in [6.45, 7) is 6.25. The lowest BCUT2D eigenvalue weighted by molar-refractivity contribution is 0.433. The SMILES string of the molecule is Cc1cc(C)c(S(=O)(=O)N2CCS[C@H]2c2cccnc2)c(C)c1. The topological polar surface area (TPSA) is 50.3 Å². The quantitative estimate of drug-likeness (QED) is 0.852. The molecule has 23 heavy (non-hydrogen) atoms. The second-order valence-corrected chi connectivity index (χ2v) is 8.87. The first-order valence-corrected chi connectivity index (χ1v) is 10.0. The number of aryl methyl sites for hydroxylation is 3. The summed E-state index contributed by atoms with van der Waals surface area (Å²) < 4.78 is 28.1. The van der Waals surface area contributed by atoms with E-state index in [9.17, 15) is 8.42 Å². The van der Waals surface area contributed by atoms with Crippen molar-refractivity contribution in [2.75, 3.05) is 12.3 Å². The van der Waals surface area contributed by atoms with Crippen molar-refractivity contribution >= 4 is 21.8 Å². The van der Waals surface area contributed by atoms with Crippen molar-refractivity contribution in [3.63, 3.8) is 0 Å². The number of hydrogen-bond acceptors (Lipinski definition) is 4. The minimum atomic E-state index is -3.53. The lowest BCUT2D eigenvalue weighted by Gasteiger charge is -2.25. The molecule has 0 saturated carbocycles. The van der Waals surface area contributed by atoms with Crippen LogP contribution in [0, 0.1) is 20.8 Å². The van der Waals surface area contributed by atoms with Crippen LogP contribution < -0.4 is 0 Å². The minimum absolute atomic E-state index is 0.200. The highest BCUT2D eigenvalue weighted by molar-refractivity contribution is 8.01. The Balaban J connectivity index is 2.06. The fraction of sp³-hybridized carbons (Fsp3) is 0.353. The summed E-state index contributed by atoms with van der Waals surface area (Å²) in [5.41, 5.74) is 3.63. The molecule has 2 heterocycles. The lowest BCUT2D eigenvalue weighted by Crippen LogP contribution is -2.31. The van der Waals surface area contributed by atoms with Crippen LogP contribution in [0.15, 0.2) is 41.6 Å². The molecule has 0 amide bonds. The van der Waals surface area contributed by atoms with Crippen LogP contribution in [0.5, 0.6) is 0 Å². The van der Waals surface area contributed by atoms with Gasteiger partial charge in [-0.15, -0.1) is 11.8 Å². The fourth-order valence-corrected chi connectivity index (χ4v) is 6.81. The molecule has 0 unspecified atom stereocenters. The molecule has 3 rings (SSSR count). The number of hydrogen-bond donors (Lipinski definition) is 0. The van der Waals surface area contributed by atoms with E-state index in [4.69, 9.17) is 0 Å². The van der Waals surface area contributed by atoms with Crippen LogP contribution in [-0.4, -0.2) is 30.0 Å². The van der Waals surface area contributed by atoms with Gasteiger partial charge in [-0.3, -0.25) is 4.98 Å². The molecule has 1 aliphatic heterocycles. The summed E-state index contributed by atoms with van der Waals surface area (Å²) in [5.74, 6) is 0.794. The average molecular weight is 348 g/mol. The summed E-state index contributed by atoms with van der Waals surface area (Å²) in [5, 5.41) is -0.200. The van der Waals surface area contributed by atoms with Gasteiger partial charge >= 0.3 is 0 Å². The second-order valence-electron chi connectivity index (χ2n) is 5.85. The number of sulfonamides is 1. The molecular weight excluding hydrogens is 328 g/mol. The molecule has 0 bridgehead atoms. The first-order valence-electron chi connectivity index (χ1n) is 7.52. The fourth-order valence-electron chi connectivity index (χ4n) is 3.18. The Kier molecular flexibility index (Phi) is 4.49. The predicted molar refractivity (Wildman–Crippen MR) is 94.0 cm³/mol. The molecule has 0 N–H and O–H groups in total. The maximum absolute atomic E-state index is 13.3. The third kappa shape index (κ3) is 3.03. The van der Waals surface area contributed by atoms with Crippen LogP contribution in [0.1, 0.15) is 27.6 Å². The van der Waals surface area contributed by atoms with E-state index >= 15 is 0 Å². The highest BCUT2D eigenvalue weighted by Crippen LogP contribution is 2.42. The average Bonchev–Trinajstić information content (AvgIpc) is 2.97. The van der Waals surface area contributed by atoms with E-state index in [-0.39, 0.29) is 5.37 Å². The number of benzene rings is 1. The van der Waals surface area contributed by atoms with E-state index in [0.29, 0.717) is 11.4 Å². The number of aromatic nitrogens is 1. The Morgan fingerprint density at radius 3 is 2.52 bits per heavy atom. The number of rotatable bonds is 3. The zero-order valence-corrected chi connectivity index (χ0v) is 15.1. The van der Waals surface area contributed by atoms with E-state index in [2.05, 4.69) is 4.98 Å². The molecule has 1 aromatic carbocycles. The molecule has 1 saturated heterocycles. The van der Waals surface area contributed by atoms with Crippen LogP contribution >= 0.6 is 11.8 Å². The molecule has 2 aromatic rings. The molecule has 1 atom stereocenters. The molecule has 0 spiro atoms. The minimum Gasteiger partial charge on any atom is -0.264 e. The predicted octanol–water partition coefficient (Wildman–Crippen LogP) is 3.44. The van der Waals surface area contributed by atoms with Crippen molar-refractivity contribution in [3.05, 3.63) is 58.9 Å². The van der Waals surface area contributed by atoms with Crippen LogP contribution in [0.4, 0.5) is 0 Å². The Morgan fingerprint density at radius 2 is 1.91 bits per heavy atom. The van der Waals surface area contributed by atoms with Gasteiger partial charge in [0.05, 0.1) is 10.3 Å². The Bertz CT molecular complexity index is 797. The molecule has 1 fully saturated rings. The Hall–Kier alpha value is -1.37. The van der Waals surface area contributed by atoms with E-state index in [1.54, 1.807) is 28.5 Å². The lowest BCUT2D eigenvalue weighted by atomic mass is 10.1. The van der Waals surface area contributed by atoms with Gasteiger partial charge in [-0.1, -0.05) is 23.8 Å². The summed E-state index contributed by atoms with van der Waals surface area (Å²) in [7, 11) is -3.53. The van der Waals surface area contributed by atoms with Gasteiger partial charge in [-0.25, -0.2) is 8.42 Å². The molecular formula is C17H20N2O2S2. The molecule has 6 heteroatoms. The monoisotopic (exact) mass is 348 g/mol. The van der Waals surface area contributed by atoms with Crippen molar-refractivity contribution in [2.45, 2.75) is 31.0 Å². The Labute approximate surface area is 142 Å². The summed E-state index contributed by atoms with van der Waals surface area (Å²) in [6, 6.07) is 7.65. The van der Waals surface area contributed by atoms with Gasteiger partial charge in [0.2, 0.25) is 10.0 Å². The smallest absolute Gasteiger partial charge is 0.244 e. The number of nitrogens with zero attached hydrogens (tertiary/aromatic N) is 2. The van der Waals surface area contributed by atoms with E-state index in [1.165, 1.54) is 0 Å². The molecule has 0 radical (unpaired) electrons. The first-order chi connectivity index (χ1) is 10.9. The van der Waals surface area contributed by atoms with Crippen LogP contribution in [-0.2, 0) is 10.0 Å². The normalized spacial score (nSPS) is 19.2. The van der Waals surface area contributed by atoms with Crippen molar-refractivity contribution in [3.8, 4) is 0 Å². The molecule has 1 aliphatic rings. The summed E-state index contributed by atoms with van der Waals surface area (Å²) in [4.78, 5) is 4.57. The van der Waals surface area contributed by atoms with Gasteiger partial charge in [0.15, 0.2) is 0 Å². The van der Waals surface area contributed by atoms with E-state index in [0.717, 1.165) is 28.0 Å². The third-order valence-corrected chi connectivity index (χ3v) is 7.55. The van der Waals surface area contributed by atoms with Gasteiger partial charge in [-0.05, 0) is 43.5 Å². The molecule has 0 aliphatic carbocycles. The van der Waals surface area contributed by atoms with Gasteiger partial charge < -0.3 is 0 Å². The van der Waals surface area contributed by atoms with Crippen molar-refractivity contribution in [1.82, 2.24) is 9.29 Å². The molecule has 122 valence electrons. The number of thioether (sulfide) groups is 1. The van der Waals surface area contributed by atoms with Gasteiger partial charge in [0.25, 0.3) is 0 Å². The van der Waals surface area contributed by atoms with Gasteiger partial charge in [-0.2, -0.15) is 4.31 Å². The van der Waals surface area contributed by atoms with E-state index in [1.807, 2.05) is 45.0 Å². The maximum atomic E-state index is 13.3. The molecule has 1 aromatic heterocycles. The van der Waals surface area contributed by atoms with Crippen LogP contribution in [0.3, 0.4) is 0 Å². The highest BCUT2D eigenvalue weighted by Gasteiger charge is 2.38. The number of pyridine rings is 1. The zero-order chi connectivity index (χ0) is 16.6.